The molecule has 0 amide bonds. The fourth-order valence-electron chi connectivity index (χ4n) is 3.65. The van der Waals surface area contributed by atoms with Crippen LogP contribution in [0.25, 0.3) is 0 Å². The number of nitrogens with one attached hydrogen (secondary N) is 1. The number of methoxy groups -OCH3 is 1. The standard InChI is InChI=1S/C18H37NO/c1-7-14-19-16(11-13-18(4,5)20-6)15-10-8-9-12-17(15,2)3/h15-16,19H,7-14H2,1-6H3. The van der Waals surface area contributed by atoms with Gasteiger partial charge in [-0.2, -0.15) is 0 Å². The van der Waals surface area contributed by atoms with Crippen LogP contribution in [0.1, 0.15) is 79.6 Å². The average molecular weight is 283 g/mol. The van der Waals surface area contributed by atoms with E-state index in [1.807, 2.05) is 7.11 Å². The van der Waals surface area contributed by atoms with Crippen LogP contribution >= 0.6 is 0 Å². The van der Waals surface area contributed by atoms with Gasteiger partial charge in [-0.1, -0.05) is 33.6 Å². The zero-order valence-electron chi connectivity index (χ0n) is 14.7. The lowest BCUT2D eigenvalue weighted by Crippen LogP contribution is -2.46. The molecule has 120 valence electrons. The molecule has 1 N–H and O–H groups in total. The van der Waals surface area contributed by atoms with Crippen molar-refractivity contribution in [2.45, 2.75) is 91.2 Å². The summed E-state index contributed by atoms with van der Waals surface area (Å²) in [6.45, 7) is 12.8. The minimum Gasteiger partial charge on any atom is -0.379 e. The lowest BCUT2D eigenvalue weighted by molar-refractivity contribution is 0.00470. The summed E-state index contributed by atoms with van der Waals surface area (Å²) in [5.74, 6) is 0.815. The predicted molar refractivity (Wildman–Crippen MR) is 88.1 cm³/mol. The molecule has 2 nitrogen and oxygen atoms in total. The third kappa shape index (κ3) is 5.37. The van der Waals surface area contributed by atoms with Crippen LogP contribution in [0.2, 0.25) is 0 Å². The lowest BCUT2D eigenvalue weighted by Gasteiger charge is -2.44. The Morgan fingerprint density at radius 2 is 2.00 bits per heavy atom. The van der Waals surface area contributed by atoms with E-state index in [1.165, 1.54) is 38.5 Å². The maximum atomic E-state index is 5.60. The third-order valence-electron chi connectivity index (χ3n) is 5.34. The van der Waals surface area contributed by atoms with Gasteiger partial charge in [0.25, 0.3) is 0 Å². The third-order valence-corrected chi connectivity index (χ3v) is 5.34. The Bertz CT molecular complexity index is 273. The Labute approximate surface area is 127 Å². The molecule has 2 unspecified atom stereocenters. The van der Waals surface area contributed by atoms with Crippen molar-refractivity contribution >= 4 is 0 Å². The van der Waals surface area contributed by atoms with Crippen molar-refractivity contribution in [3.63, 3.8) is 0 Å². The van der Waals surface area contributed by atoms with Gasteiger partial charge in [0.05, 0.1) is 5.60 Å². The Balaban J connectivity index is 2.67. The van der Waals surface area contributed by atoms with Gasteiger partial charge in [-0.15, -0.1) is 0 Å². The van der Waals surface area contributed by atoms with Crippen LogP contribution in [0.4, 0.5) is 0 Å². The van der Waals surface area contributed by atoms with Crippen molar-refractivity contribution in [3.8, 4) is 0 Å². The lowest BCUT2D eigenvalue weighted by atomic mass is 9.65. The van der Waals surface area contributed by atoms with Crippen LogP contribution in [0.3, 0.4) is 0 Å². The molecular weight excluding hydrogens is 246 g/mol. The first-order valence-electron chi connectivity index (χ1n) is 8.61. The second kappa shape index (κ2) is 7.79. The van der Waals surface area contributed by atoms with Crippen LogP contribution < -0.4 is 5.32 Å². The van der Waals surface area contributed by atoms with Gasteiger partial charge >= 0.3 is 0 Å². The van der Waals surface area contributed by atoms with Crippen molar-refractivity contribution in [2.75, 3.05) is 13.7 Å². The molecule has 1 rings (SSSR count). The fraction of sp³-hybridized carbons (Fsp3) is 1.00. The van der Waals surface area contributed by atoms with Gasteiger partial charge in [-0.05, 0) is 63.8 Å². The highest BCUT2D eigenvalue weighted by atomic mass is 16.5. The normalized spacial score (nSPS) is 24.6. The second-order valence-corrected chi connectivity index (χ2v) is 7.90. The van der Waals surface area contributed by atoms with E-state index in [0.717, 1.165) is 18.9 Å². The molecule has 0 radical (unpaired) electrons. The van der Waals surface area contributed by atoms with Gasteiger partial charge in [0, 0.05) is 13.2 Å². The molecule has 2 atom stereocenters. The minimum absolute atomic E-state index is 0.00491. The van der Waals surface area contributed by atoms with E-state index in [9.17, 15) is 0 Å². The Morgan fingerprint density at radius 3 is 2.55 bits per heavy atom. The Morgan fingerprint density at radius 1 is 1.30 bits per heavy atom. The fourth-order valence-corrected chi connectivity index (χ4v) is 3.65. The molecule has 0 aromatic rings. The van der Waals surface area contributed by atoms with E-state index < -0.39 is 0 Å². The zero-order chi connectivity index (χ0) is 15.2. The summed E-state index contributed by atoms with van der Waals surface area (Å²) in [6.07, 6.45) is 9.18. The van der Waals surface area contributed by atoms with Crippen LogP contribution in [0.15, 0.2) is 0 Å². The quantitative estimate of drug-likeness (QED) is 0.692. The largest absolute Gasteiger partial charge is 0.379 e. The molecule has 20 heavy (non-hydrogen) atoms. The molecule has 0 aromatic heterocycles. The van der Waals surface area contributed by atoms with Crippen molar-refractivity contribution in [2.24, 2.45) is 11.3 Å². The second-order valence-electron chi connectivity index (χ2n) is 7.90. The number of ether oxygens (including phenoxy) is 1. The molecule has 0 saturated heterocycles. The molecule has 2 heteroatoms. The van der Waals surface area contributed by atoms with Crippen molar-refractivity contribution in [1.29, 1.82) is 0 Å². The SMILES string of the molecule is CCCNC(CCC(C)(C)OC)C1CCCCC1(C)C. The highest BCUT2D eigenvalue weighted by Crippen LogP contribution is 2.43. The average Bonchev–Trinajstić information content (AvgIpc) is 2.39. The van der Waals surface area contributed by atoms with Crippen LogP contribution in [0.5, 0.6) is 0 Å². The highest BCUT2D eigenvalue weighted by molar-refractivity contribution is 4.91. The summed E-state index contributed by atoms with van der Waals surface area (Å²) in [7, 11) is 1.83. The van der Waals surface area contributed by atoms with Gasteiger partial charge in [-0.3, -0.25) is 0 Å². The van der Waals surface area contributed by atoms with Gasteiger partial charge < -0.3 is 10.1 Å². The number of hydrogen-bond acceptors (Lipinski definition) is 2. The maximum absolute atomic E-state index is 5.60. The van der Waals surface area contributed by atoms with Gasteiger partial charge in [-0.25, -0.2) is 0 Å². The van der Waals surface area contributed by atoms with Gasteiger partial charge in [0.15, 0.2) is 0 Å². The molecule has 0 aliphatic heterocycles. The summed E-state index contributed by atoms with van der Waals surface area (Å²) in [5, 5.41) is 3.84. The van der Waals surface area contributed by atoms with E-state index in [0.29, 0.717) is 11.5 Å². The van der Waals surface area contributed by atoms with Gasteiger partial charge in [0.1, 0.15) is 0 Å². The number of hydrogen-bond donors (Lipinski definition) is 1. The van der Waals surface area contributed by atoms with E-state index in [2.05, 4.69) is 39.9 Å². The van der Waals surface area contributed by atoms with Crippen molar-refractivity contribution in [1.82, 2.24) is 5.32 Å². The molecule has 1 aliphatic rings. The first kappa shape index (κ1) is 18.0. The maximum Gasteiger partial charge on any atom is 0.0623 e. The first-order valence-corrected chi connectivity index (χ1v) is 8.61. The van der Waals surface area contributed by atoms with E-state index in [1.54, 1.807) is 0 Å². The molecule has 1 fully saturated rings. The zero-order valence-corrected chi connectivity index (χ0v) is 14.7. The molecule has 1 aliphatic carbocycles. The van der Waals surface area contributed by atoms with E-state index in [4.69, 9.17) is 4.74 Å². The minimum atomic E-state index is 0.00491. The van der Waals surface area contributed by atoms with Crippen molar-refractivity contribution in [3.05, 3.63) is 0 Å². The molecular formula is C18H37NO. The monoisotopic (exact) mass is 283 g/mol. The summed E-state index contributed by atoms with van der Waals surface area (Å²) in [4.78, 5) is 0. The van der Waals surface area contributed by atoms with Gasteiger partial charge in [0.2, 0.25) is 0 Å². The molecule has 1 saturated carbocycles. The number of rotatable bonds is 8. The summed E-state index contributed by atoms with van der Waals surface area (Å²) < 4.78 is 5.60. The Kier molecular flexibility index (Phi) is 7.00. The van der Waals surface area contributed by atoms with E-state index >= 15 is 0 Å². The predicted octanol–water partition coefficient (Wildman–Crippen LogP) is 4.78. The van der Waals surface area contributed by atoms with Crippen LogP contribution in [0, 0.1) is 11.3 Å². The van der Waals surface area contributed by atoms with Crippen LogP contribution in [-0.4, -0.2) is 25.3 Å². The molecule has 0 aromatic carbocycles. The molecule has 0 bridgehead atoms. The summed E-state index contributed by atoms with van der Waals surface area (Å²) in [6, 6.07) is 0.652. The smallest absolute Gasteiger partial charge is 0.0623 e. The summed E-state index contributed by atoms with van der Waals surface area (Å²) >= 11 is 0. The summed E-state index contributed by atoms with van der Waals surface area (Å²) in [5.41, 5.74) is 0.492. The van der Waals surface area contributed by atoms with E-state index in [-0.39, 0.29) is 5.60 Å². The van der Waals surface area contributed by atoms with Crippen LogP contribution in [-0.2, 0) is 4.74 Å². The first-order chi connectivity index (χ1) is 9.32. The topological polar surface area (TPSA) is 21.3 Å². The molecule has 0 spiro atoms. The molecule has 0 heterocycles. The highest BCUT2D eigenvalue weighted by Gasteiger charge is 2.37. The Hall–Kier alpha value is -0.0800. The van der Waals surface area contributed by atoms with Crippen molar-refractivity contribution < 1.29 is 4.74 Å².